The molecule has 144 valence electrons. The molecule has 0 amide bonds. The van der Waals surface area contributed by atoms with Gasteiger partial charge in [-0.3, -0.25) is 0 Å². The Kier molecular flexibility index (Phi) is 4.99. The lowest BCUT2D eigenvalue weighted by atomic mass is 10.0. The minimum atomic E-state index is -0.701. The summed E-state index contributed by atoms with van der Waals surface area (Å²) in [6.07, 6.45) is -1.18. The second-order valence-electron chi connectivity index (χ2n) is 6.73. The first-order valence-electron chi connectivity index (χ1n) is 8.57. The molecule has 2 atom stereocenters. The van der Waals surface area contributed by atoms with Crippen molar-refractivity contribution in [1.29, 1.82) is 0 Å². The Balaban J connectivity index is 2.12. The number of hydrogen-bond acceptors (Lipinski definition) is 7. The fourth-order valence-corrected chi connectivity index (χ4v) is 2.85. The molecule has 0 saturated carbocycles. The Morgan fingerprint density at radius 1 is 1.04 bits per heavy atom. The molecule has 2 aromatic rings. The van der Waals surface area contributed by atoms with E-state index in [1.165, 1.54) is 18.2 Å². The van der Waals surface area contributed by atoms with Crippen LogP contribution < -0.4 is 9.47 Å². The van der Waals surface area contributed by atoms with E-state index in [9.17, 15) is 20.1 Å². The van der Waals surface area contributed by atoms with Crippen LogP contribution in [0.15, 0.2) is 18.2 Å². The van der Waals surface area contributed by atoms with Crippen LogP contribution in [0.3, 0.4) is 0 Å². The van der Waals surface area contributed by atoms with Crippen molar-refractivity contribution in [3.63, 3.8) is 0 Å². The smallest absolute Gasteiger partial charge is 0.347 e. The number of carbonyl (C=O) groups excluding carboxylic acids is 1. The molecule has 0 bridgehead atoms. The Morgan fingerprint density at radius 3 is 2.41 bits per heavy atom. The summed E-state index contributed by atoms with van der Waals surface area (Å²) in [6, 6.07) is 4.22. The van der Waals surface area contributed by atoms with Gasteiger partial charge in [0.05, 0.1) is 24.4 Å². The standard InChI is InChI=1S/C20H22O7/c1-9-6-15(23)14(8-25-12(4)11(3)21)19-17(9)20(24)26-16-7-13(22)5-10(2)18(16)27-19/h5-7,11-12,21-23H,8H2,1-4H3/t11-,12-/m0/s1. The highest BCUT2D eigenvalue weighted by atomic mass is 16.6. The maximum atomic E-state index is 12.7. The molecular weight excluding hydrogens is 352 g/mol. The lowest BCUT2D eigenvalue weighted by Crippen LogP contribution is -2.22. The summed E-state index contributed by atoms with van der Waals surface area (Å²) in [7, 11) is 0. The molecule has 0 saturated heterocycles. The predicted octanol–water partition coefficient (Wildman–Crippen LogP) is 3.33. The number of hydrogen-bond donors (Lipinski definition) is 3. The molecule has 0 spiro atoms. The average Bonchev–Trinajstić information content (AvgIpc) is 2.70. The fraction of sp³-hybridized carbons (Fsp3) is 0.350. The molecule has 0 unspecified atom stereocenters. The average molecular weight is 374 g/mol. The van der Waals surface area contributed by atoms with Crippen molar-refractivity contribution in [2.24, 2.45) is 0 Å². The summed E-state index contributed by atoms with van der Waals surface area (Å²) in [4.78, 5) is 12.7. The SMILES string of the molecule is Cc1cc(O)cc2c1Oc1c(CO[C@@H](C)[C@H](C)O)c(O)cc(C)c1C(=O)O2. The summed E-state index contributed by atoms with van der Waals surface area (Å²) in [6.45, 7) is 6.59. The third-order valence-electron chi connectivity index (χ3n) is 4.56. The Morgan fingerprint density at radius 2 is 1.74 bits per heavy atom. The first-order valence-corrected chi connectivity index (χ1v) is 8.57. The number of esters is 1. The molecule has 0 fully saturated rings. The molecule has 1 aliphatic heterocycles. The minimum absolute atomic E-state index is 0.0532. The lowest BCUT2D eigenvalue weighted by Gasteiger charge is -2.19. The number of rotatable bonds is 4. The van der Waals surface area contributed by atoms with Crippen LogP contribution in [0, 0.1) is 13.8 Å². The van der Waals surface area contributed by atoms with Gasteiger partial charge >= 0.3 is 5.97 Å². The molecule has 0 aromatic heterocycles. The molecule has 0 aliphatic carbocycles. The van der Waals surface area contributed by atoms with Gasteiger partial charge in [-0.2, -0.15) is 0 Å². The zero-order chi connectivity index (χ0) is 19.9. The lowest BCUT2D eigenvalue weighted by molar-refractivity contribution is -0.0278. The van der Waals surface area contributed by atoms with Gasteiger partial charge in [0, 0.05) is 6.07 Å². The second-order valence-corrected chi connectivity index (χ2v) is 6.73. The fourth-order valence-electron chi connectivity index (χ4n) is 2.85. The molecule has 3 rings (SSSR count). The van der Waals surface area contributed by atoms with Gasteiger partial charge in [0.15, 0.2) is 17.2 Å². The minimum Gasteiger partial charge on any atom is -0.508 e. The van der Waals surface area contributed by atoms with Gasteiger partial charge in [-0.1, -0.05) is 0 Å². The van der Waals surface area contributed by atoms with Gasteiger partial charge in [-0.25, -0.2) is 4.79 Å². The van der Waals surface area contributed by atoms with Crippen LogP contribution in [0.25, 0.3) is 0 Å². The van der Waals surface area contributed by atoms with Gasteiger partial charge in [-0.15, -0.1) is 0 Å². The van der Waals surface area contributed by atoms with Gasteiger partial charge in [0.2, 0.25) is 0 Å². The van der Waals surface area contributed by atoms with Gasteiger partial charge in [0.25, 0.3) is 0 Å². The molecule has 2 aromatic carbocycles. The molecular formula is C20H22O7. The van der Waals surface area contributed by atoms with E-state index >= 15 is 0 Å². The number of aryl methyl sites for hydroxylation is 2. The van der Waals surface area contributed by atoms with Gasteiger partial charge in [0.1, 0.15) is 17.1 Å². The third kappa shape index (κ3) is 3.56. The summed E-state index contributed by atoms with van der Waals surface area (Å²) in [5.74, 6) is -0.287. The number of aliphatic hydroxyl groups is 1. The van der Waals surface area contributed by atoms with E-state index in [4.69, 9.17) is 14.2 Å². The summed E-state index contributed by atoms with van der Waals surface area (Å²) in [5.41, 5.74) is 1.50. The summed E-state index contributed by atoms with van der Waals surface area (Å²) >= 11 is 0. The number of aromatic hydroxyl groups is 2. The highest BCUT2D eigenvalue weighted by molar-refractivity contribution is 5.98. The first-order chi connectivity index (χ1) is 12.7. The largest absolute Gasteiger partial charge is 0.508 e. The maximum Gasteiger partial charge on any atom is 0.347 e. The number of phenols is 2. The highest BCUT2D eigenvalue weighted by Gasteiger charge is 2.30. The van der Waals surface area contributed by atoms with E-state index in [-0.39, 0.29) is 46.5 Å². The summed E-state index contributed by atoms with van der Waals surface area (Å²) < 4.78 is 17.0. The van der Waals surface area contributed by atoms with Gasteiger partial charge in [-0.05, 0) is 51.0 Å². The van der Waals surface area contributed by atoms with Crippen LogP contribution in [-0.2, 0) is 11.3 Å². The number of carbonyl (C=O) groups is 1. The number of aliphatic hydroxyl groups excluding tert-OH is 1. The molecule has 7 heteroatoms. The summed E-state index contributed by atoms with van der Waals surface area (Å²) in [5, 5.41) is 29.8. The van der Waals surface area contributed by atoms with E-state index in [0.29, 0.717) is 11.1 Å². The van der Waals surface area contributed by atoms with Crippen molar-refractivity contribution in [1.82, 2.24) is 0 Å². The molecule has 3 N–H and O–H groups in total. The van der Waals surface area contributed by atoms with Crippen molar-refractivity contribution in [2.45, 2.75) is 46.5 Å². The van der Waals surface area contributed by atoms with Crippen LogP contribution in [-0.4, -0.2) is 33.5 Å². The Hall–Kier alpha value is -2.77. The van der Waals surface area contributed by atoms with E-state index in [1.54, 1.807) is 27.7 Å². The van der Waals surface area contributed by atoms with E-state index < -0.39 is 18.2 Å². The van der Waals surface area contributed by atoms with E-state index in [0.717, 1.165) is 0 Å². The monoisotopic (exact) mass is 374 g/mol. The molecule has 7 nitrogen and oxygen atoms in total. The highest BCUT2D eigenvalue weighted by Crippen LogP contribution is 2.46. The van der Waals surface area contributed by atoms with Crippen LogP contribution >= 0.6 is 0 Å². The maximum absolute atomic E-state index is 12.7. The van der Waals surface area contributed by atoms with E-state index in [2.05, 4.69) is 0 Å². The van der Waals surface area contributed by atoms with Crippen LogP contribution in [0.2, 0.25) is 0 Å². The molecule has 0 radical (unpaired) electrons. The zero-order valence-corrected chi connectivity index (χ0v) is 15.6. The Labute approximate surface area is 156 Å². The third-order valence-corrected chi connectivity index (χ3v) is 4.56. The van der Waals surface area contributed by atoms with Crippen molar-refractivity contribution < 1.29 is 34.3 Å². The van der Waals surface area contributed by atoms with Gasteiger partial charge < -0.3 is 29.5 Å². The quantitative estimate of drug-likeness (QED) is 0.557. The molecule has 1 heterocycles. The van der Waals surface area contributed by atoms with Crippen molar-refractivity contribution in [3.05, 3.63) is 40.5 Å². The van der Waals surface area contributed by atoms with Crippen LogP contribution in [0.5, 0.6) is 28.7 Å². The number of phenolic OH excluding ortho intramolecular Hbond substituents is 2. The van der Waals surface area contributed by atoms with Crippen molar-refractivity contribution >= 4 is 5.97 Å². The van der Waals surface area contributed by atoms with Crippen LogP contribution in [0.1, 0.15) is 40.9 Å². The zero-order valence-electron chi connectivity index (χ0n) is 15.6. The number of fused-ring (bicyclic) bond motifs is 2. The predicted molar refractivity (Wildman–Crippen MR) is 96.7 cm³/mol. The normalized spacial score (nSPS) is 15.1. The van der Waals surface area contributed by atoms with Crippen molar-refractivity contribution in [3.8, 4) is 28.7 Å². The number of benzene rings is 2. The first kappa shape index (κ1) is 19.0. The molecule has 27 heavy (non-hydrogen) atoms. The van der Waals surface area contributed by atoms with E-state index in [1.807, 2.05) is 0 Å². The number of ether oxygens (including phenoxy) is 3. The molecule has 1 aliphatic rings. The van der Waals surface area contributed by atoms with Crippen LogP contribution in [0.4, 0.5) is 0 Å². The topological polar surface area (TPSA) is 105 Å². The Bertz CT molecular complexity index is 902. The van der Waals surface area contributed by atoms with Crippen molar-refractivity contribution in [2.75, 3.05) is 0 Å². The second kappa shape index (κ2) is 7.09.